The average Bonchev–Trinajstić information content (AvgIpc) is 2.55. The molecule has 19 heavy (non-hydrogen) atoms. The zero-order valence-electron chi connectivity index (χ0n) is 10.5. The highest BCUT2D eigenvalue weighted by Crippen LogP contribution is 2.44. The third-order valence-corrected chi connectivity index (χ3v) is 8.16. The standard InChI is InChI=1S/C11H16O6S2/c1-3-4-18(15)9-6(2)11(14)8(19(9)16)7(12)5-17-10(11)13/h3-4,6-9,12,14H,5H2,1-2H3/b4-3+/t6-,7-,8+,9-,11-,18?,19?/m0/s1. The molecule has 7 atom stereocenters. The minimum Gasteiger partial charge on any atom is -0.461 e. The number of allylic oxidation sites excluding steroid dienone is 1. The average molecular weight is 308 g/mol. The van der Waals surface area contributed by atoms with Crippen molar-refractivity contribution in [3.8, 4) is 0 Å². The van der Waals surface area contributed by atoms with Crippen molar-refractivity contribution in [1.82, 2.24) is 0 Å². The quantitative estimate of drug-likeness (QED) is 0.635. The Kier molecular flexibility index (Phi) is 3.97. The molecule has 0 aromatic heterocycles. The molecule has 0 aromatic carbocycles. The van der Waals surface area contributed by atoms with Crippen molar-refractivity contribution in [2.24, 2.45) is 5.92 Å². The number of carbonyl (C=O) groups is 1. The van der Waals surface area contributed by atoms with E-state index in [4.69, 9.17) is 4.74 Å². The van der Waals surface area contributed by atoms with Gasteiger partial charge in [-0.3, -0.25) is 8.42 Å². The minimum atomic E-state index is -2.04. The van der Waals surface area contributed by atoms with Gasteiger partial charge in [0.25, 0.3) is 0 Å². The van der Waals surface area contributed by atoms with E-state index in [-0.39, 0.29) is 6.61 Å². The van der Waals surface area contributed by atoms with Crippen LogP contribution in [-0.2, 0) is 31.1 Å². The number of hydrogen-bond donors (Lipinski definition) is 2. The van der Waals surface area contributed by atoms with Crippen LogP contribution < -0.4 is 0 Å². The van der Waals surface area contributed by atoms with Gasteiger partial charge in [-0.1, -0.05) is 13.0 Å². The molecule has 2 heterocycles. The Bertz CT molecular complexity index is 476. The first kappa shape index (κ1) is 14.8. The van der Waals surface area contributed by atoms with Gasteiger partial charge in [0.1, 0.15) is 22.5 Å². The van der Waals surface area contributed by atoms with Crippen LogP contribution in [0.25, 0.3) is 0 Å². The SMILES string of the molecule is C/C=C/S(=O)[C@@H]1[C@H](C)[C@@]2(O)C(=O)OC[C@H](O)[C@H]2S1=O. The van der Waals surface area contributed by atoms with Crippen LogP contribution in [0.5, 0.6) is 0 Å². The molecule has 2 aliphatic rings. The summed E-state index contributed by atoms with van der Waals surface area (Å²) in [7, 11) is -3.37. The fraction of sp³-hybridized carbons (Fsp3) is 0.727. The summed E-state index contributed by atoms with van der Waals surface area (Å²) < 4.78 is 28.3. The molecule has 2 unspecified atom stereocenters. The van der Waals surface area contributed by atoms with Gasteiger partial charge in [0, 0.05) is 16.7 Å². The second-order valence-corrected chi connectivity index (χ2v) is 8.10. The molecule has 2 aliphatic heterocycles. The monoisotopic (exact) mass is 308 g/mol. The van der Waals surface area contributed by atoms with Crippen LogP contribution in [-0.4, -0.2) is 52.7 Å². The fourth-order valence-electron chi connectivity index (χ4n) is 2.61. The number of esters is 1. The van der Waals surface area contributed by atoms with Gasteiger partial charge in [-0.05, 0) is 12.3 Å². The lowest BCUT2D eigenvalue weighted by molar-refractivity contribution is -0.187. The largest absolute Gasteiger partial charge is 0.461 e. The third-order valence-electron chi connectivity index (χ3n) is 3.58. The number of aliphatic hydroxyl groups is 2. The number of fused-ring (bicyclic) bond motifs is 1. The molecule has 0 spiro atoms. The van der Waals surface area contributed by atoms with E-state index in [1.54, 1.807) is 13.0 Å². The predicted molar refractivity (Wildman–Crippen MR) is 69.8 cm³/mol. The van der Waals surface area contributed by atoms with Crippen LogP contribution in [0.1, 0.15) is 13.8 Å². The Morgan fingerprint density at radius 1 is 1.58 bits per heavy atom. The molecule has 6 nitrogen and oxygen atoms in total. The van der Waals surface area contributed by atoms with E-state index in [9.17, 15) is 23.4 Å². The van der Waals surface area contributed by atoms with Crippen LogP contribution in [0.3, 0.4) is 0 Å². The lowest BCUT2D eigenvalue weighted by Gasteiger charge is -2.36. The molecule has 0 bridgehead atoms. The van der Waals surface area contributed by atoms with Crippen LogP contribution in [0.15, 0.2) is 11.5 Å². The van der Waals surface area contributed by atoms with E-state index in [1.165, 1.54) is 12.3 Å². The van der Waals surface area contributed by atoms with Gasteiger partial charge < -0.3 is 14.9 Å². The molecule has 2 N–H and O–H groups in total. The predicted octanol–water partition coefficient (Wildman–Crippen LogP) is -0.989. The maximum Gasteiger partial charge on any atom is 0.339 e. The van der Waals surface area contributed by atoms with E-state index in [1.807, 2.05) is 0 Å². The number of hydrogen-bond acceptors (Lipinski definition) is 6. The van der Waals surface area contributed by atoms with Crippen molar-refractivity contribution < 1.29 is 28.2 Å². The molecular weight excluding hydrogens is 292 g/mol. The molecule has 2 fully saturated rings. The Morgan fingerprint density at radius 2 is 2.21 bits per heavy atom. The Balaban J connectivity index is 2.46. The Hall–Kier alpha value is -0.570. The van der Waals surface area contributed by atoms with E-state index in [0.717, 1.165) is 0 Å². The summed E-state index contributed by atoms with van der Waals surface area (Å²) in [5.41, 5.74) is -2.04. The maximum atomic E-state index is 12.4. The Morgan fingerprint density at radius 3 is 2.74 bits per heavy atom. The summed E-state index contributed by atoms with van der Waals surface area (Å²) in [6.45, 7) is 2.88. The summed E-state index contributed by atoms with van der Waals surface area (Å²) in [6, 6.07) is 0. The first-order chi connectivity index (χ1) is 8.85. The van der Waals surface area contributed by atoms with E-state index >= 15 is 0 Å². The summed E-state index contributed by atoms with van der Waals surface area (Å²) >= 11 is 0. The number of rotatable bonds is 2. The third kappa shape index (κ3) is 2.01. The van der Waals surface area contributed by atoms with Crippen molar-refractivity contribution in [2.75, 3.05) is 6.61 Å². The highest BCUT2D eigenvalue weighted by molar-refractivity contribution is 8.05. The van der Waals surface area contributed by atoms with Crippen molar-refractivity contribution in [2.45, 2.75) is 35.4 Å². The fourth-order valence-corrected chi connectivity index (χ4v) is 6.89. The molecule has 2 rings (SSSR count). The number of cyclic esters (lactones) is 1. The Labute approximate surface area is 115 Å². The second-order valence-electron chi connectivity index (χ2n) is 4.70. The second kappa shape index (κ2) is 5.08. The first-order valence-electron chi connectivity index (χ1n) is 5.85. The summed E-state index contributed by atoms with van der Waals surface area (Å²) in [4.78, 5) is 11.8. The molecule has 0 amide bonds. The van der Waals surface area contributed by atoms with Gasteiger partial charge in [0.2, 0.25) is 0 Å². The number of aliphatic hydroxyl groups excluding tert-OH is 1. The molecule has 8 heteroatoms. The van der Waals surface area contributed by atoms with Crippen LogP contribution in [0.4, 0.5) is 0 Å². The smallest absolute Gasteiger partial charge is 0.339 e. The van der Waals surface area contributed by atoms with E-state index in [2.05, 4.69) is 0 Å². The zero-order chi connectivity index (χ0) is 14.4. The topological polar surface area (TPSA) is 101 Å². The van der Waals surface area contributed by atoms with Gasteiger partial charge in [0.05, 0.1) is 10.8 Å². The van der Waals surface area contributed by atoms with Crippen molar-refractivity contribution >= 4 is 27.6 Å². The molecular formula is C11H16O6S2. The summed E-state index contributed by atoms with van der Waals surface area (Å²) in [5.74, 6) is -1.72. The van der Waals surface area contributed by atoms with Gasteiger partial charge in [0.15, 0.2) is 5.60 Å². The maximum absolute atomic E-state index is 12.4. The summed E-state index contributed by atoms with van der Waals surface area (Å²) in [6.07, 6.45) is 0.347. The van der Waals surface area contributed by atoms with Gasteiger partial charge >= 0.3 is 5.97 Å². The van der Waals surface area contributed by atoms with E-state index in [0.29, 0.717) is 0 Å². The van der Waals surface area contributed by atoms with Crippen LogP contribution in [0, 0.1) is 5.92 Å². The number of ether oxygens (including phenoxy) is 1. The summed E-state index contributed by atoms with van der Waals surface area (Å²) in [5, 5.41) is 20.5. The lowest BCUT2D eigenvalue weighted by atomic mass is 9.83. The highest BCUT2D eigenvalue weighted by Gasteiger charge is 2.67. The van der Waals surface area contributed by atoms with Gasteiger partial charge in [-0.2, -0.15) is 0 Å². The van der Waals surface area contributed by atoms with E-state index < -0.39 is 55.0 Å². The molecule has 2 saturated heterocycles. The zero-order valence-corrected chi connectivity index (χ0v) is 12.1. The lowest BCUT2D eigenvalue weighted by Crippen LogP contribution is -2.61. The molecule has 0 radical (unpaired) electrons. The molecule has 108 valence electrons. The first-order valence-corrected chi connectivity index (χ1v) is 8.40. The van der Waals surface area contributed by atoms with Gasteiger partial charge in [-0.25, -0.2) is 4.79 Å². The normalized spacial score (nSPS) is 48.0. The minimum absolute atomic E-state index is 0.298. The van der Waals surface area contributed by atoms with Gasteiger partial charge in [-0.15, -0.1) is 0 Å². The van der Waals surface area contributed by atoms with Crippen molar-refractivity contribution in [1.29, 1.82) is 0 Å². The number of carbonyl (C=O) groups excluding carboxylic acids is 1. The molecule has 0 aliphatic carbocycles. The van der Waals surface area contributed by atoms with Crippen molar-refractivity contribution in [3.63, 3.8) is 0 Å². The van der Waals surface area contributed by atoms with Crippen LogP contribution in [0.2, 0.25) is 0 Å². The highest BCUT2D eigenvalue weighted by atomic mass is 32.2. The molecule has 0 saturated carbocycles. The van der Waals surface area contributed by atoms with Crippen LogP contribution >= 0.6 is 0 Å². The molecule has 0 aromatic rings. The van der Waals surface area contributed by atoms with Crippen molar-refractivity contribution in [3.05, 3.63) is 11.5 Å².